The van der Waals surface area contributed by atoms with Crippen LogP contribution in [0.2, 0.25) is 0 Å². The lowest BCUT2D eigenvalue weighted by Crippen LogP contribution is -2.34. The number of aliphatic hydroxyl groups is 1. The lowest BCUT2D eigenvalue weighted by molar-refractivity contribution is 0.162. The zero-order chi connectivity index (χ0) is 30.1. The van der Waals surface area contributed by atoms with Gasteiger partial charge in [0.25, 0.3) is 0 Å². The van der Waals surface area contributed by atoms with Crippen molar-refractivity contribution in [1.29, 1.82) is 0 Å². The third-order valence-corrected chi connectivity index (χ3v) is 9.15. The van der Waals surface area contributed by atoms with Crippen molar-refractivity contribution in [1.82, 2.24) is 0 Å². The Bertz CT molecular complexity index is 1810. The van der Waals surface area contributed by atoms with Crippen molar-refractivity contribution >= 4 is 22.5 Å². The minimum atomic E-state index is -0.849. The van der Waals surface area contributed by atoms with Gasteiger partial charge in [0.15, 0.2) is 5.60 Å². The predicted molar refractivity (Wildman–Crippen MR) is 177 cm³/mol. The Balaban J connectivity index is 1.41. The van der Waals surface area contributed by atoms with Crippen molar-refractivity contribution in [3.8, 4) is 17.2 Å². The van der Waals surface area contributed by atoms with E-state index in [2.05, 4.69) is 89.8 Å². The standard InChI is InChI=1S/C39H37NO4/c1-42-31-16-10-27(11-17-31)24-35-33-19-18-32(43-2)25-36(33)38-34(37(35)26-41)20-21-39(44-38,28-8-4-3-5-9-28)29-12-14-30(15-13-29)40-22-6-7-23-40/h3-5,8-21,25,41H,6-7,22-24,26H2,1-2H3. The van der Waals surface area contributed by atoms with Gasteiger partial charge in [-0.2, -0.15) is 0 Å². The highest BCUT2D eigenvalue weighted by Gasteiger charge is 2.39. The van der Waals surface area contributed by atoms with Crippen molar-refractivity contribution in [2.45, 2.75) is 31.5 Å². The topological polar surface area (TPSA) is 51.2 Å². The van der Waals surface area contributed by atoms with E-state index in [4.69, 9.17) is 14.2 Å². The van der Waals surface area contributed by atoms with Gasteiger partial charge >= 0.3 is 0 Å². The fourth-order valence-electron chi connectivity index (χ4n) is 6.78. The van der Waals surface area contributed by atoms with Crippen LogP contribution in [-0.4, -0.2) is 32.4 Å². The van der Waals surface area contributed by atoms with Gasteiger partial charge in [-0.3, -0.25) is 0 Å². The molecule has 1 saturated heterocycles. The van der Waals surface area contributed by atoms with Gasteiger partial charge in [-0.15, -0.1) is 0 Å². The molecule has 5 nitrogen and oxygen atoms in total. The third kappa shape index (κ3) is 4.87. The summed E-state index contributed by atoms with van der Waals surface area (Å²) in [6.45, 7) is 2.10. The summed E-state index contributed by atoms with van der Waals surface area (Å²) in [6, 6.07) is 33.4. The fraction of sp³-hybridized carbons (Fsp3) is 0.231. The average molecular weight is 584 g/mol. The number of hydrogen-bond donors (Lipinski definition) is 1. The van der Waals surface area contributed by atoms with Gasteiger partial charge in [-0.25, -0.2) is 0 Å². The Morgan fingerprint density at radius 3 is 2.11 bits per heavy atom. The summed E-state index contributed by atoms with van der Waals surface area (Å²) in [4.78, 5) is 2.45. The summed E-state index contributed by atoms with van der Waals surface area (Å²) in [5.41, 5.74) is 6.47. The van der Waals surface area contributed by atoms with Gasteiger partial charge in [0, 0.05) is 40.9 Å². The second kappa shape index (κ2) is 11.7. The molecule has 0 saturated carbocycles. The van der Waals surface area contributed by atoms with Crippen molar-refractivity contribution in [2.24, 2.45) is 0 Å². The molecule has 0 amide bonds. The van der Waals surface area contributed by atoms with Crippen LogP contribution in [0, 0.1) is 0 Å². The number of methoxy groups -OCH3 is 2. The van der Waals surface area contributed by atoms with E-state index in [0.29, 0.717) is 6.42 Å². The highest BCUT2D eigenvalue weighted by atomic mass is 16.5. The van der Waals surface area contributed by atoms with Crippen molar-refractivity contribution in [3.05, 3.63) is 137 Å². The molecule has 5 aromatic rings. The molecule has 0 bridgehead atoms. The Morgan fingerprint density at radius 1 is 0.750 bits per heavy atom. The molecule has 0 aromatic heterocycles. The number of benzene rings is 5. The van der Waals surface area contributed by atoms with E-state index in [1.165, 1.54) is 18.5 Å². The molecule has 2 heterocycles. The number of fused-ring (bicyclic) bond motifs is 3. The number of hydrogen-bond acceptors (Lipinski definition) is 5. The summed E-state index contributed by atoms with van der Waals surface area (Å²) in [5, 5.41) is 12.8. The molecule has 1 N–H and O–H groups in total. The zero-order valence-electron chi connectivity index (χ0n) is 25.3. The molecule has 0 aliphatic carbocycles. The van der Waals surface area contributed by atoms with Gasteiger partial charge in [-0.1, -0.05) is 66.7 Å². The number of nitrogens with zero attached hydrogens (tertiary/aromatic N) is 1. The highest BCUT2D eigenvalue weighted by molar-refractivity contribution is 5.98. The molecule has 5 aromatic carbocycles. The van der Waals surface area contributed by atoms with Crippen LogP contribution < -0.4 is 19.1 Å². The average Bonchev–Trinajstić information content (AvgIpc) is 3.64. The highest BCUT2D eigenvalue weighted by Crippen LogP contribution is 2.48. The first kappa shape index (κ1) is 28.1. The molecular formula is C39H37NO4. The maximum Gasteiger partial charge on any atom is 0.178 e. The van der Waals surface area contributed by atoms with Gasteiger partial charge in [0.2, 0.25) is 0 Å². The zero-order valence-corrected chi connectivity index (χ0v) is 25.3. The number of rotatable bonds is 8. The molecule has 2 aliphatic rings. The Hall–Kier alpha value is -4.74. The Morgan fingerprint density at radius 2 is 1.43 bits per heavy atom. The maximum absolute atomic E-state index is 10.9. The van der Waals surface area contributed by atoms with E-state index in [-0.39, 0.29) is 6.61 Å². The van der Waals surface area contributed by atoms with Gasteiger partial charge in [0.1, 0.15) is 17.2 Å². The van der Waals surface area contributed by atoms with Gasteiger partial charge < -0.3 is 24.2 Å². The predicted octanol–water partition coefficient (Wildman–Crippen LogP) is 7.89. The van der Waals surface area contributed by atoms with Gasteiger partial charge in [-0.05, 0) is 83.8 Å². The number of ether oxygens (including phenoxy) is 3. The van der Waals surface area contributed by atoms with Crippen LogP contribution in [0.15, 0.2) is 103 Å². The molecule has 5 heteroatoms. The van der Waals surface area contributed by atoms with Gasteiger partial charge in [0.05, 0.1) is 20.8 Å². The van der Waals surface area contributed by atoms with Crippen LogP contribution in [0.3, 0.4) is 0 Å². The smallest absolute Gasteiger partial charge is 0.178 e. The second-order valence-electron chi connectivity index (χ2n) is 11.6. The molecule has 222 valence electrons. The summed E-state index contributed by atoms with van der Waals surface area (Å²) in [6.07, 6.45) is 7.43. The largest absolute Gasteiger partial charge is 0.497 e. The minimum absolute atomic E-state index is 0.105. The summed E-state index contributed by atoms with van der Waals surface area (Å²) >= 11 is 0. The van der Waals surface area contributed by atoms with Crippen molar-refractivity contribution < 1.29 is 19.3 Å². The summed E-state index contributed by atoms with van der Waals surface area (Å²) < 4.78 is 18.3. The fourth-order valence-corrected chi connectivity index (χ4v) is 6.78. The van der Waals surface area contributed by atoms with Crippen LogP contribution >= 0.6 is 0 Å². The lowest BCUT2D eigenvalue weighted by Gasteiger charge is -2.38. The second-order valence-corrected chi connectivity index (χ2v) is 11.6. The Labute approximate surface area is 258 Å². The van der Waals surface area contributed by atoms with E-state index >= 15 is 0 Å². The summed E-state index contributed by atoms with van der Waals surface area (Å²) in [5.74, 6) is 2.32. The van der Waals surface area contributed by atoms with E-state index in [1.807, 2.05) is 24.3 Å². The lowest BCUT2D eigenvalue weighted by atomic mass is 9.81. The number of aliphatic hydroxyl groups excluding tert-OH is 1. The molecule has 0 spiro atoms. The molecule has 7 rings (SSSR count). The maximum atomic E-state index is 10.9. The molecule has 1 fully saturated rings. The van der Waals surface area contributed by atoms with E-state index < -0.39 is 5.60 Å². The molecule has 1 unspecified atom stereocenters. The quantitative estimate of drug-likeness (QED) is 0.201. The third-order valence-electron chi connectivity index (χ3n) is 9.15. The molecule has 2 aliphatic heterocycles. The molecule has 44 heavy (non-hydrogen) atoms. The first-order chi connectivity index (χ1) is 21.6. The van der Waals surface area contributed by atoms with Crippen LogP contribution in [0.25, 0.3) is 16.8 Å². The SMILES string of the molecule is COc1ccc(Cc2c(CO)c3c(c4cc(OC)ccc24)OC(c2ccccc2)(c2ccc(N4CCCC4)cc2)C=C3)cc1. The first-order valence-corrected chi connectivity index (χ1v) is 15.3. The molecular weight excluding hydrogens is 546 g/mol. The first-order valence-electron chi connectivity index (χ1n) is 15.3. The summed E-state index contributed by atoms with van der Waals surface area (Å²) in [7, 11) is 3.36. The van der Waals surface area contributed by atoms with Crippen LogP contribution in [0.1, 0.15) is 46.2 Å². The van der Waals surface area contributed by atoms with E-state index in [9.17, 15) is 5.11 Å². The van der Waals surface area contributed by atoms with Crippen molar-refractivity contribution in [2.75, 3.05) is 32.2 Å². The normalized spacial score (nSPS) is 17.4. The van der Waals surface area contributed by atoms with Crippen LogP contribution in [0.4, 0.5) is 5.69 Å². The minimum Gasteiger partial charge on any atom is -0.497 e. The van der Waals surface area contributed by atoms with E-state index in [0.717, 1.165) is 74.5 Å². The van der Waals surface area contributed by atoms with Crippen molar-refractivity contribution in [3.63, 3.8) is 0 Å². The van der Waals surface area contributed by atoms with Crippen LogP contribution in [0.5, 0.6) is 17.2 Å². The number of anilines is 1. The monoisotopic (exact) mass is 583 g/mol. The Kier molecular flexibility index (Phi) is 7.49. The van der Waals surface area contributed by atoms with E-state index in [1.54, 1.807) is 14.2 Å². The molecule has 0 radical (unpaired) electrons. The van der Waals surface area contributed by atoms with Crippen LogP contribution in [-0.2, 0) is 18.6 Å². The molecule has 1 atom stereocenters.